The maximum Gasteiger partial charge on any atom is 0.325 e. The molecule has 1 heterocycles. The van der Waals surface area contributed by atoms with Crippen LogP contribution in [-0.2, 0) is 11.3 Å². The molecule has 0 aliphatic rings. The Balaban J connectivity index is 2.84. The summed E-state index contributed by atoms with van der Waals surface area (Å²) in [6.45, 7) is 1.61. The van der Waals surface area contributed by atoms with E-state index in [1.165, 1.54) is 17.0 Å². The average Bonchev–Trinajstić information content (AvgIpc) is 2.49. The molecule has 0 unspecified atom stereocenters. The summed E-state index contributed by atoms with van der Waals surface area (Å²) in [7, 11) is 0. The molecular weight excluding hydrogens is 198 g/mol. The zero-order chi connectivity index (χ0) is 11.3. The van der Waals surface area contributed by atoms with Crippen LogP contribution in [0.1, 0.15) is 11.3 Å². The highest BCUT2D eigenvalue weighted by molar-refractivity contribution is 5.78. The van der Waals surface area contributed by atoms with Gasteiger partial charge in [0.05, 0.1) is 12.4 Å². The van der Waals surface area contributed by atoms with Gasteiger partial charge in [-0.3, -0.25) is 9.48 Å². The Bertz CT molecular complexity index is 407. The van der Waals surface area contributed by atoms with Crippen LogP contribution in [0.3, 0.4) is 0 Å². The molecule has 1 aromatic heterocycles. The molecule has 0 saturated heterocycles. The standard InChI is InChI=1S/C9H11N3O3/c1-7-8(3-2-4-11-15)5-10-12(7)6-9(13)14/h2-5,15H,6H2,1H3,(H,13,14)/b3-2-,11-4+. The fourth-order valence-corrected chi connectivity index (χ4v) is 1.10. The second-order valence-electron chi connectivity index (χ2n) is 2.86. The van der Waals surface area contributed by atoms with Gasteiger partial charge in [0, 0.05) is 11.3 Å². The van der Waals surface area contributed by atoms with Crippen LogP contribution >= 0.6 is 0 Å². The van der Waals surface area contributed by atoms with Gasteiger partial charge in [-0.15, -0.1) is 0 Å². The van der Waals surface area contributed by atoms with Crippen molar-refractivity contribution in [3.05, 3.63) is 23.5 Å². The molecule has 80 valence electrons. The molecule has 2 N–H and O–H groups in total. The van der Waals surface area contributed by atoms with Crippen LogP contribution in [0, 0.1) is 6.92 Å². The topological polar surface area (TPSA) is 87.7 Å². The lowest BCUT2D eigenvalue weighted by atomic mass is 10.2. The summed E-state index contributed by atoms with van der Waals surface area (Å²) in [4.78, 5) is 10.5. The first-order chi connectivity index (χ1) is 7.15. The first-order valence-electron chi connectivity index (χ1n) is 4.23. The molecule has 1 rings (SSSR count). The molecule has 1 aromatic rings. The number of aliphatic carboxylic acids is 1. The van der Waals surface area contributed by atoms with Gasteiger partial charge < -0.3 is 10.3 Å². The number of oxime groups is 1. The van der Waals surface area contributed by atoms with Crippen molar-refractivity contribution < 1.29 is 15.1 Å². The van der Waals surface area contributed by atoms with Gasteiger partial charge in [-0.25, -0.2) is 0 Å². The molecule has 0 aliphatic carbocycles. The second-order valence-corrected chi connectivity index (χ2v) is 2.86. The Morgan fingerprint density at radius 3 is 3.07 bits per heavy atom. The van der Waals surface area contributed by atoms with Crippen molar-refractivity contribution in [3.8, 4) is 0 Å². The molecule has 0 radical (unpaired) electrons. The van der Waals surface area contributed by atoms with Gasteiger partial charge in [0.1, 0.15) is 6.54 Å². The molecular formula is C9H11N3O3. The minimum Gasteiger partial charge on any atom is -0.480 e. The molecule has 15 heavy (non-hydrogen) atoms. The average molecular weight is 209 g/mol. The Kier molecular flexibility index (Phi) is 3.61. The van der Waals surface area contributed by atoms with E-state index in [1.807, 2.05) is 0 Å². The number of rotatable bonds is 4. The van der Waals surface area contributed by atoms with Crippen LogP contribution in [0.15, 0.2) is 17.4 Å². The van der Waals surface area contributed by atoms with Crippen LogP contribution in [-0.4, -0.2) is 32.3 Å². The first kappa shape index (κ1) is 11.0. The van der Waals surface area contributed by atoms with Crippen molar-refractivity contribution in [1.82, 2.24) is 9.78 Å². The molecule has 6 nitrogen and oxygen atoms in total. The van der Waals surface area contributed by atoms with E-state index in [-0.39, 0.29) is 6.54 Å². The summed E-state index contributed by atoms with van der Waals surface area (Å²) in [5.74, 6) is -0.936. The van der Waals surface area contributed by atoms with Gasteiger partial charge in [0.15, 0.2) is 0 Å². The predicted molar refractivity (Wildman–Crippen MR) is 53.9 cm³/mol. The minimum atomic E-state index is -0.936. The van der Waals surface area contributed by atoms with Crippen molar-refractivity contribution in [3.63, 3.8) is 0 Å². The van der Waals surface area contributed by atoms with E-state index in [1.54, 1.807) is 19.2 Å². The quantitative estimate of drug-likeness (QED) is 0.435. The third kappa shape index (κ3) is 2.94. The highest BCUT2D eigenvalue weighted by Crippen LogP contribution is 2.08. The summed E-state index contributed by atoms with van der Waals surface area (Å²) in [5, 5.41) is 23.5. The normalized spacial score (nSPS) is 11.5. The summed E-state index contributed by atoms with van der Waals surface area (Å²) in [6.07, 6.45) is 5.99. The number of hydrogen-bond acceptors (Lipinski definition) is 4. The number of hydrogen-bond donors (Lipinski definition) is 2. The number of aromatic nitrogens is 2. The van der Waals surface area contributed by atoms with Crippen LogP contribution in [0.25, 0.3) is 6.08 Å². The molecule has 0 spiro atoms. The summed E-state index contributed by atoms with van der Waals surface area (Å²) in [5.41, 5.74) is 1.54. The van der Waals surface area contributed by atoms with Crippen LogP contribution in [0.5, 0.6) is 0 Å². The summed E-state index contributed by atoms with van der Waals surface area (Å²) in [6, 6.07) is 0. The maximum atomic E-state index is 10.5. The first-order valence-corrected chi connectivity index (χ1v) is 4.23. The zero-order valence-corrected chi connectivity index (χ0v) is 8.16. The largest absolute Gasteiger partial charge is 0.480 e. The molecule has 0 saturated carbocycles. The maximum absolute atomic E-state index is 10.5. The zero-order valence-electron chi connectivity index (χ0n) is 8.16. The monoisotopic (exact) mass is 209 g/mol. The molecule has 0 amide bonds. The van der Waals surface area contributed by atoms with Crippen molar-refractivity contribution in [2.75, 3.05) is 0 Å². The van der Waals surface area contributed by atoms with E-state index in [2.05, 4.69) is 10.3 Å². The number of carboxylic acid groups (broad SMARTS) is 1. The van der Waals surface area contributed by atoms with E-state index >= 15 is 0 Å². The summed E-state index contributed by atoms with van der Waals surface area (Å²) < 4.78 is 1.39. The fraction of sp³-hybridized carbons (Fsp3) is 0.222. The van der Waals surface area contributed by atoms with E-state index in [0.717, 1.165) is 11.3 Å². The third-order valence-corrected chi connectivity index (χ3v) is 1.85. The van der Waals surface area contributed by atoms with E-state index in [9.17, 15) is 4.79 Å². The number of carbonyl (C=O) groups is 1. The number of carboxylic acids is 1. The van der Waals surface area contributed by atoms with Gasteiger partial charge in [-0.1, -0.05) is 5.16 Å². The lowest BCUT2D eigenvalue weighted by Crippen LogP contribution is -2.11. The molecule has 0 fully saturated rings. The molecule has 0 bridgehead atoms. The van der Waals surface area contributed by atoms with Gasteiger partial charge >= 0.3 is 5.97 Å². The number of allylic oxidation sites excluding steroid dienone is 1. The van der Waals surface area contributed by atoms with Crippen molar-refractivity contribution in [1.29, 1.82) is 0 Å². The van der Waals surface area contributed by atoms with Crippen molar-refractivity contribution >= 4 is 18.3 Å². The van der Waals surface area contributed by atoms with Crippen LogP contribution < -0.4 is 0 Å². The SMILES string of the molecule is Cc1c(/C=C\C=N\O)cnn1CC(=O)O. The van der Waals surface area contributed by atoms with E-state index in [0.29, 0.717) is 0 Å². The lowest BCUT2D eigenvalue weighted by Gasteiger charge is -1.99. The van der Waals surface area contributed by atoms with Crippen LogP contribution in [0.2, 0.25) is 0 Å². The highest BCUT2D eigenvalue weighted by atomic mass is 16.4. The van der Waals surface area contributed by atoms with E-state index < -0.39 is 5.97 Å². The van der Waals surface area contributed by atoms with Gasteiger partial charge in [0.2, 0.25) is 0 Å². The Labute approximate surface area is 86.1 Å². The fourth-order valence-electron chi connectivity index (χ4n) is 1.10. The Morgan fingerprint density at radius 2 is 2.47 bits per heavy atom. The van der Waals surface area contributed by atoms with Gasteiger partial charge in [0.25, 0.3) is 0 Å². The smallest absolute Gasteiger partial charge is 0.325 e. The van der Waals surface area contributed by atoms with E-state index in [4.69, 9.17) is 10.3 Å². The third-order valence-electron chi connectivity index (χ3n) is 1.85. The molecule has 0 aliphatic heterocycles. The van der Waals surface area contributed by atoms with Crippen LogP contribution in [0.4, 0.5) is 0 Å². The summed E-state index contributed by atoms with van der Waals surface area (Å²) >= 11 is 0. The van der Waals surface area contributed by atoms with Crippen molar-refractivity contribution in [2.24, 2.45) is 5.16 Å². The number of nitrogens with zero attached hydrogens (tertiary/aromatic N) is 3. The second kappa shape index (κ2) is 4.94. The van der Waals surface area contributed by atoms with Gasteiger partial charge in [-0.2, -0.15) is 5.10 Å². The van der Waals surface area contributed by atoms with Gasteiger partial charge in [-0.05, 0) is 19.1 Å². The highest BCUT2D eigenvalue weighted by Gasteiger charge is 2.06. The predicted octanol–water partition coefficient (Wildman–Crippen LogP) is 0.749. The lowest BCUT2D eigenvalue weighted by molar-refractivity contribution is -0.137. The molecule has 0 aromatic carbocycles. The molecule has 0 atom stereocenters. The minimum absolute atomic E-state index is 0.159. The molecule has 6 heteroatoms. The van der Waals surface area contributed by atoms with Crippen molar-refractivity contribution in [2.45, 2.75) is 13.5 Å². The Morgan fingerprint density at radius 1 is 1.73 bits per heavy atom. The Hall–Kier alpha value is -2.11.